The van der Waals surface area contributed by atoms with Crippen LogP contribution in [0.15, 0.2) is 48.5 Å². The fraction of sp³-hybridized carbons (Fsp3) is 0.188. The number of hydrogen-bond acceptors (Lipinski definition) is 3. The maximum absolute atomic E-state index is 12.7. The lowest BCUT2D eigenvalue weighted by atomic mass is 9.94. The standard InChI is InChI=1S/C16H15NO3S/c1-17-16(18)15-14-9-5-4-8-13(14)12-7-3-2-6-11(12)10-21(15,19)20/h2-9,15H,10H2,1H3,(H,17,18)/t15-/m0/s1. The van der Waals surface area contributed by atoms with E-state index >= 15 is 0 Å². The van der Waals surface area contributed by atoms with Gasteiger partial charge in [0.05, 0.1) is 5.75 Å². The van der Waals surface area contributed by atoms with Gasteiger partial charge in [-0.1, -0.05) is 48.5 Å². The van der Waals surface area contributed by atoms with Gasteiger partial charge in [-0.15, -0.1) is 0 Å². The Hall–Kier alpha value is -2.14. The summed E-state index contributed by atoms with van der Waals surface area (Å²) < 4.78 is 25.3. The van der Waals surface area contributed by atoms with E-state index in [1.54, 1.807) is 18.2 Å². The first-order valence-corrected chi connectivity index (χ1v) is 8.36. The van der Waals surface area contributed by atoms with E-state index in [0.717, 1.165) is 16.7 Å². The van der Waals surface area contributed by atoms with Gasteiger partial charge < -0.3 is 5.32 Å². The topological polar surface area (TPSA) is 63.2 Å². The molecule has 1 amide bonds. The van der Waals surface area contributed by atoms with Crippen molar-refractivity contribution in [3.05, 3.63) is 59.7 Å². The summed E-state index contributed by atoms with van der Waals surface area (Å²) >= 11 is 0. The minimum Gasteiger partial charge on any atom is -0.358 e. The average molecular weight is 301 g/mol. The minimum absolute atomic E-state index is 0.129. The predicted molar refractivity (Wildman–Crippen MR) is 81.3 cm³/mol. The highest BCUT2D eigenvalue weighted by Gasteiger charge is 2.38. The summed E-state index contributed by atoms with van der Waals surface area (Å²) in [6.07, 6.45) is 0. The van der Waals surface area contributed by atoms with Crippen LogP contribution in [0.3, 0.4) is 0 Å². The Morgan fingerprint density at radius 1 is 1.05 bits per heavy atom. The zero-order valence-electron chi connectivity index (χ0n) is 11.5. The highest BCUT2D eigenvalue weighted by molar-refractivity contribution is 7.91. The molecule has 4 nitrogen and oxygen atoms in total. The van der Waals surface area contributed by atoms with Gasteiger partial charge in [0.1, 0.15) is 0 Å². The van der Waals surface area contributed by atoms with Gasteiger partial charge in [0.15, 0.2) is 15.1 Å². The number of amides is 1. The molecule has 1 aliphatic heterocycles. The van der Waals surface area contributed by atoms with Crippen molar-refractivity contribution in [1.29, 1.82) is 0 Å². The first-order chi connectivity index (χ1) is 10.0. The maximum atomic E-state index is 12.7. The van der Waals surface area contributed by atoms with E-state index in [1.807, 2.05) is 30.3 Å². The second-order valence-electron chi connectivity index (χ2n) is 5.05. The lowest BCUT2D eigenvalue weighted by molar-refractivity contribution is -0.120. The molecule has 2 aromatic carbocycles. The van der Waals surface area contributed by atoms with Crippen molar-refractivity contribution in [2.45, 2.75) is 11.0 Å². The minimum atomic E-state index is -3.61. The highest BCUT2D eigenvalue weighted by Crippen LogP contribution is 2.39. The molecule has 1 N–H and O–H groups in total. The maximum Gasteiger partial charge on any atom is 0.242 e. The molecule has 0 unspecified atom stereocenters. The molecule has 21 heavy (non-hydrogen) atoms. The first kappa shape index (κ1) is 13.8. The lowest BCUT2D eigenvalue weighted by Crippen LogP contribution is -2.31. The lowest BCUT2D eigenvalue weighted by Gasteiger charge is -2.16. The van der Waals surface area contributed by atoms with Crippen LogP contribution in [0.4, 0.5) is 0 Å². The van der Waals surface area contributed by atoms with Crippen LogP contribution in [0.2, 0.25) is 0 Å². The van der Waals surface area contributed by atoms with E-state index in [1.165, 1.54) is 7.05 Å². The molecular formula is C16H15NO3S. The van der Waals surface area contributed by atoms with Crippen molar-refractivity contribution < 1.29 is 13.2 Å². The quantitative estimate of drug-likeness (QED) is 0.877. The Labute approximate surface area is 123 Å². The van der Waals surface area contributed by atoms with Crippen LogP contribution in [-0.2, 0) is 20.4 Å². The Bertz CT molecular complexity index is 812. The summed E-state index contributed by atoms with van der Waals surface area (Å²) in [4.78, 5) is 12.2. The zero-order valence-corrected chi connectivity index (χ0v) is 12.4. The van der Waals surface area contributed by atoms with E-state index in [2.05, 4.69) is 5.32 Å². The molecule has 0 aromatic heterocycles. The van der Waals surface area contributed by atoms with Crippen LogP contribution in [0.1, 0.15) is 16.4 Å². The number of rotatable bonds is 1. The predicted octanol–water partition coefficient (Wildman–Crippen LogP) is 2.07. The second-order valence-corrected chi connectivity index (χ2v) is 7.13. The summed E-state index contributed by atoms with van der Waals surface area (Å²) in [6.45, 7) is 0. The Morgan fingerprint density at radius 3 is 2.38 bits per heavy atom. The van der Waals surface area contributed by atoms with Crippen molar-refractivity contribution in [2.75, 3.05) is 7.05 Å². The number of nitrogens with one attached hydrogen (secondary N) is 1. The van der Waals surface area contributed by atoms with Crippen LogP contribution in [0.25, 0.3) is 11.1 Å². The van der Waals surface area contributed by atoms with Crippen LogP contribution >= 0.6 is 0 Å². The van der Waals surface area contributed by atoms with Gasteiger partial charge in [-0.25, -0.2) is 8.42 Å². The van der Waals surface area contributed by atoms with E-state index < -0.39 is 21.0 Å². The first-order valence-electron chi connectivity index (χ1n) is 6.65. The Balaban J connectivity index is 2.36. The van der Waals surface area contributed by atoms with Crippen molar-refractivity contribution in [3.8, 4) is 11.1 Å². The average Bonchev–Trinajstić information content (AvgIpc) is 2.57. The monoisotopic (exact) mass is 301 g/mol. The summed E-state index contributed by atoms with van der Waals surface area (Å²) in [5.74, 6) is -0.620. The molecule has 0 fully saturated rings. The normalized spacial score (nSPS) is 19.0. The van der Waals surface area contributed by atoms with Crippen molar-refractivity contribution >= 4 is 15.7 Å². The molecule has 1 atom stereocenters. The molecule has 0 bridgehead atoms. The number of sulfone groups is 1. The van der Waals surface area contributed by atoms with Crippen LogP contribution in [-0.4, -0.2) is 21.4 Å². The van der Waals surface area contributed by atoms with E-state index in [9.17, 15) is 13.2 Å². The van der Waals surface area contributed by atoms with E-state index in [4.69, 9.17) is 0 Å². The van der Waals surface area contributed by atoms with Crippen LogP contribution in [0, 0.1) is 0 Å². The molecule has 0 saturated carbocycles. The van der Waals surface area contributed by atoms with Gasteiger partial charge in [0, 0.05) is 7.05 Å². The number of fused-ring (bicyclic) bond motifs is 3. The largest absolute Gasteiger partial charge is 0.358 e. The van der Waals surface area contributed by atoms with Crippen molar-refractivity contribution in [2.24, 2.45) is 0 Å². The molecule has 0 radical (unpaired) electrons. The van der Waals surface area contributed by atoms with Crippen molar-refractivity contribution in [3.63, 3.8) is 0 Å². The summed E-state index contributed by atoms with van der Waals surface area (Å²) in [5.41, 5.74) is 2.96. The molecule has 0 spiro atoms. The molecule has 1 aliphatic rings. The summed E-state index contributed by atoms with van der Waals surface area (Å²) in [5, 5.41) is 1.31. The molecule has 0 saturated heterocycles. The van der Waals surface area contributed by atoms with Gasteiger partial charge in [-0.05, 0) is 22.3 Å². The molecule has 3 rings (SSSR count). The fourth-order valence-corrected chi connectivity index (χ4v) is 4.70. The molecule has 2 aromatic rings. The molecule has 0 aliphatic carbocycles. The fourth-order valence-electron chi connectivity index (χ4n) is 2.81. The van der Waals surface area contributed by atoms with Gasteiger partial charge in [0.2, 0.25) is 5.91 Å². The number of carbonyl (C=O) groups excluding carboxylic acids is 1. The number of likely N-dealkylation sites (N-methyl/N-ethyl adjacent to an activating group) is 1. The van der Waals surface area contributed by atoms with E-state index in [-0.39, 0.29) is 5.75 Å². The zero-order chi connectivity index (χ0) is 15.0. The summed E-state index contributed by atoms with van der Waals surface area (Å²) in [6, 6.07) is 14.6. The van der Waals surface area contributed by atoms with Gasteiger partial charge in [-0.3, -0.25) is 4.79 Å². The SMILES string of the molecule is CNC(=O)[C@@H]1c2ccccc2-c2ccccc2CS1(=O)=O. The van der Waals surface area contributed by atoms with Gasteiger partial charge in [-0.2, -0.15) is 0 Å². The molecule has 108 valence electrons. The van der Waals surface area contributed by atoms with Gasteiger partial charge >= 0.3 is 0 Å². The third kappa shape index (κ3) is 2.23. The highest BCUT2D eigenvalue weighted by atomic mass is 32.2. The Kier molecular flexibility index (Phi) is 3.29. The van der Waals surface area contributed by atoms with Gasteiger partial charge in [0.25, 0.3) is 0 Å². The third-order valence-electron chi connectivity index (χ3n) is 3.75. The van der Waals surface area contributed by atoms with Crippen LogP contribution in [0.5, 0.6) is 0 Å². The number of benzene rings is 2. The smallest absolute Gasteiger partial charge is 0.242 e. The molecule has 5 heteroatoms. The third-order valence-corrected chi connectivity index (χ3v) is 5.65. The second kappa shape index (κ2) is 5.00. The molecule has 1 heterocycles. The number of carbonyl (C=O) groups is 1. The van der Waals surface area contributed by atoms with Crippen molar-refractivity contribution in [1.82, 2.24) is 5.32 Å². The Morgan fingerprint density at radius 2 is 1.67 bits per heavy atom. The molecular weight excluding hydrogens is 286 g/mol. The summed E-state index contributed by atoms with van der Waals surface area (Å²) in [7, 11) is -2.15. The van der Waals surface area contributed by atoms with Crippen LogP contribution < -0.4 is 5.32 Å². The number of hydrogen-bond donors (Lipinski definition) is 1. The van der Waals surface area contributed by atoms with E-state index in [0.29, 0.717) is 5.56 Å².